The normalized spacial score (nSPS) is 16.7. The molecule has 0 aliphatic heterocycles. The van der Waals surface area contributed by atoms with Crippen LogP contribution in [0, 0.1) is 32.5 Å². The molecule has 288 valence electrons. The van der Waals surface area contributed by atoms with E-state index in [9.17, 15) is 24.3 Å². The number of fused-ring (bicyclic) bond motifs is 2. The zero-order valence-corrected chi connectivity index (χ0v) is 34.0. The van der Waals surface area contributed by atoms with Gasteiger partial charge in [0.2, 0.25) is 0 Å². The quantitative estimate of drug-likeness (QED) is 0.117. The summed E-state index contributed by atoms with van der Waals surface area (Å²) in [5, 5.41) is 14.1. The number of nitrogens with zero attached hydrogens (tertiary/aromatic N) is 1. The zero-order valence-electron chi connectivity index (χ0n) is 34.0. The number of benzene rings is 2. The number of aliphatic hydroxyl groups is 1. The minimum absolute atomic E-state index is 0.0618. The first kappa shape index (κ1) is 42.7. The van der Waals surface area contributed by atoms with Gasteiger partial charge in [-0.1, -0.05) is 93.5 Å². The van der Waals surface area contributed by atoms with Gasteiger partial charge >= 0.3 is 11.9 Å². The van der Waals surface area contributed by atoms with Crippen LogP contribution >= 0.6 is 0 Å². The summed E-state index contributed by atoms with van der Waals surface area (Å²) < 4.78 is 11.8. The van der Waals surface area contributed by atoms with Crippen LogP contribution < -0.4 is 11.1 Å². The van der Waals surface area contributed by atoms with Crippen molar-refractivity contribution >= 4 is 34.9 Å². The third kappa shape index (κ3) is 7.79. The van der Waals surface area contributed by atoms with Crippen LogP contribution in [-0.4, -0.2) is 80.0 Å². The van der Waals surface area contributed by atoms with Crippen molar-refractivity contribution in [3.8, 4) is 0 Å². The summed E-state index contributed by atoms with van der Waals surface area (Å²) in [5.41, 5.74) is 3.26. The molecule has 0 aromatic heterocycles. The molecule has 0 bridgehead atoms. The molecule has 2 aromatic rings. The molecule has 0 fully saturated rings. The van der Waals surface area contributed by atoms with E-state index in [0.29, 0.717) is 29.8 Å². The Morgan fingerprint density at radius 1 is 0.788 bits per heavy atom. The lowest BCUT2D eigenvalue weighted by molar-refractivity contribution is -0.193. The first-order valence-corrected chi connectivity index (χ1v) is 18.2. The Morgan fingerprint density at radius 3 is 1.83 bits per heavy atom. The van der Waals surface area contributed by atoms with Gasteiger partial charge in [-0.05, 0) is 68.2 Å². The van der Waals surface area contributed by atoms with Gasteiger partial charge in [-0.3, -0.25) is 19.2 Å². The maximum absolute atomic E-state index is 14.4. The Hall–Kier alpha value is -3.76. The second kappa shape index (κ2) is 14.9. The molecule has 3 unspecified atom stereocenters. The molecular weight excluding hydrogens is 658 g/mol. The van der Waals surface area contributed by atoms with E-state index in [1.807, 2.05) is 74.4 Å². The maximum Gasteiger partial charge on any atom is 0.312 e. The average molecular weight is 722 g/mol. The van der Waals surface area contributed by atoms with Gasteiger partial charge in [0, 0.05) is 35.6 Å². The van der Waals surface area contributed by atoms with Gasteiger partial charge < -0.3 is 30.5 Å². The van der Waals surface area contributed by atoms with Crippen molar-refractivity contribution < 1.29 is 33.8 Å². The molecule has 3 atom stereocenters. The van der Waals surface area contributed by atoms with Crippen molar-refractivity contribution in [1.82, 2.24) is 4.90 Å². The standard InChI is InChI=1S/C42H63N3O7/c1-37(2,3)41(11,35(49)51-22-21-45(13)14)25-39(7,8)40(9,10)42(12,38(4,5)6)36(50)52-24-26(46)23-44-30-20-19-29(43)31-32(30)34(48)28-18-16-15-17-27(28)33(31)47/h15-20,26,44,46H,21-25,43H2,1-14H3. The number of ketones is 2. The van der Waals surface area contributed by atoms with Crippen LogP contribution in [0.4, 0.5) is 11.4 Å². The van der Waals surface area contributed by atoms with Gasteiger partial charge in [-0.25, -0.2) is 0 Å². The van der Waals surface area contributed by atoms with Gasteiger partial charge in [0.25, 0.3) is 0 Å². The summed E-state index contributed by atoms with van der Waals surface area (Å²) in [4.78, 5) is 56.9. The summed E-state index contributed by atoms with van der Waals surface area (Å²) in [6, 6.07) is 9.78. The Balaban J connectivity index is 1.83. The summed E-state index contributed by atoms with van der Waals surface area (Å²) in [6.07, 6.45) is -0.694. The van der Waals surface area contributed by atoms with Crippen LogP contribution in [-0.2, 0) is 19.1 Å². The first-order valence-electron chi connectivity index (χ1n) is 18.2. The zero-order chi connectivity index (χ0) is 39.8. The van der Waals surface area contributed by atoms with E-state index in [0.717, 1.165) is 0 Å². The fourth-order valence-electron chi connectivity index (χ4n) is 7.40. The van der Waals surface area contributed by atoms with E-state index in [-0.39, 0.29) is 54.1 Å². The lowest BCUT2D eigenvalue weighted by atomic mass is 9.44. The third-order valence-electron chi connectivity index (χ3n) is 12.6. The molecule has 3 rings (SSSR count). The second-order valence-corrected chi connectivity index (χ2v) is 18.4. The molecular formula is C42H63N3O7. The highest BCUT2D eigenvalue weighted by Crippen LogP contribution is 2.63. The predicted molar refractivity (Wildman–Crippen MR) is 206 cm³/mol. The van der Waals surface area contributed by atoms with Gasteiger partial charge in [0.1, 0.15) is 19.3 Å². The molecule has 0 saturated carbocycles. The Labute approximate surface area is 311 Å². The molecule has 2 aromatic carbocycles. The van der Waals surface area contributed by atoms with Crippen LogP contribution in [0.1, 0.15) is 121 Å². The van der Waals surface area contributed by atoms with Crippen molar-refractivity contribution in [2.45, 2.75) is 95.6 Å². The van der Waals surface area contributed by atoms with E-state index in [1.54, 1.807) is 36.4 Å². The van der Waals surface area contributed by atoms with Crippen molar-refractivity contribution in [1.29, 1.82) is 0 Å². The first-order chi connectivity index (χ1) is 23.7. The maximum atomic E-state index is 14.4. The van der Waals surface area contributed by atoms with E-state index < -0.39 is 44.6 Å². The van der Waals surface area contributed by atoms with E-state index in [1.165, 1.54) is 0 Å². The number of nitrogens with one attached hydrogen (secondary N) is 1. The van der Waals surface area contributed by atoms with Gasteiger partial charge in [-0.2, -0.15) is 0 Å². The number of likely N-dealkylation sites (N-methyl/N-ethyl adjacent to an activating group) is 1. The molecule has 10 heteroatoms. The average Bonchev–Trinajstić information content (AvgIpc) is 3.03. The largest absolute Gasteiger partial charge is 0.464 e. The monoisotopic (exact) mass is 721 g/mol. The molecule has 0 heterocycles. The topological polar surface area (TPSA) is 148 Å². The number of anilines is 2. The number of rotatable bonds is 14. The highest BCUT2D eigenvalue weighted by Gasteiger charge is 2.63. The molecule has 4 N–H and O–H groups in total. The number of hydrogen-bond donors (Lipinski definition) is 3. The number of ether oxygens (including phenoxy) is 2. The summed E-state index contributed by atoms with van der Waals surface area (Å²) in [6.45, 7) is 24.8. The van der Waals surface area contributed by atoms with Gasteiger partial charge in [0.05, 0.1) is 22.0 Å². The smallest absolute Gasteiger partial charge is 0.312 e. The number of carbonyl (C=O) groups excluding carboxylic acids is 4. The van der Waals surface area contributed by atoms with Crippen LogP contribution in [0.5, 0.6) is 0 Å². The van der Waals surface area contributed by atoms with Crippen molar-refractivity contribution in [2.24, 2.45) is 32.5 Å². The number of esters is 2. The number of carbonyl (C=O) groups is 4. The highest BCUT2D eigenvalue weighted by molar-refractivity contribution is 6.31. The van der Waals surface area contributed by atoms with Crippen LogP contribution in [0.3, 0.4) is 0 Å². The summed E-state index contributed by atoms with van der Waals surface area (Å²) in [7, 11) is 3.86. The summed E-state index contributed by atoms with van der Waals surface area (Å²) >= 11 is 0. The third-order valence-corrected chi connectivity index (χ3v) is 12.6. The fourth-order valence-corrected chi connectivity index (χ4v) is 7.40. The molecule has 1 aliphatic carbocycles. The molecule has 0 radical (unpaired) electrons. The van der Waals surface area contributed by atoms with Crippen molar-refractivity contribution in [3.63, 3.8) is 0 Å². The molecule has 52 heavy (non-hydrogen) atoms. The molecule has 1 aliphatic rings. The van der Waals surface area contributed by atoms with Gasteiger partial charge in [-0.15, -0.1) is 0 Å². The van der Waals surface area contributed by atoms with E-state index in [4.69, 9.17) is 15.2 Å². The minimum Gasteiger partial charge on any atom is -0.464 e. The predicted octanol–water partition coefficient (Wildman–Crippen LogP) is 7.01. The minimum atomic E-state index is -1.14. The number of nitrogens with two attached hydrogens (primary N) is 1. The lowest BCUT2D eigenvalue weighted by Gasteiger charge is -2.59. The second-order valence-electron chi connectivity index (χ2n) is 18.4. The number of aliphatic hydroxyl groups excluding tert-OH is 1. The molecule has 10 nitrogen and oxygen atoms in total. The SMILES string of the molecule is CN(C)CCOC(=O)C(C)(CC(C)(C)C(C)(C)C(C)(C(=O)OCC(O)CNc1ccc(N)c2c1C(=O)c1ccccc1C2=O)C(C)(C)C)C(C)(C)C. The van der Waals surface area contributed by atoms with E-state index >= 15 is 0 Å². The van der Waals surface area contributed by atoms with Crippen LogP contribution in [0.2, 0.25) is 0 Å². The van der Waals surface area contributed by atoms with Crippen LogP contribution in [0.25, 0.3) is 0 Å². The Kier molecular flexibility index (Phi) is 12.2. The van der Waals surface area contributed by atoms with Crippen molar-refractivity contribution in [3.05, 3.63) is 58.7 Å². The van der Waals surface area contributed by atoms with Crippen LogP contribution in [0.15, 0.2) is 36.4 Å². The highest BCUT2D eigenvalue weighted by atomic mass is 16.5. The summed E-state index contributed by atoms with van der Waals surface area (Å²) in [5.74, 6) is -1.41. The molecule has 0 amide bonds. The van der Waals surface area contributed by atoms with E-state index in [2.05, 4.69) is 33.0 Å². The van der Waals surface area contributed by atoms with Gasteiger partial charge in [0.15, 0.2) is 11.6 Å². The number of hydrogen-bond acceptors (Lipinski definition) is 10. The lowest BCUT2D eigenvalue weighted by Crippen LogP contribution is -2.59. The Morgan fingerprint density at radius 2 is 1.33 bits per heavy atom. The Bertz CT molecular complexity index is 1680. The molecule has 0 saturated heterocycles. The molecule has 0 spiro atoms. The number of nitrogen functional groups attached to an aromatic ring is 1. The van der Waals surface area contributed by atoms with Crippen molar-refractivity contribution in [2.75, 3.05) is 51.4 Å². The fraction of sp³-hybridized carbons (Fsp3) is 0.619.